The van der Waals surface area contributed by atoms with Gasteiger partial charge in [-0.1, -0.05) is 40.7 Å². The van der Waals surface area contributed by atoms with Crippen LogP contribution in [0.3, 0.4) is 0 Å². The predicted octanol–water partition coefficient (Wildman–Crippen LogP) is 4.27. The van der Waals surface area contributed by atoms with E-state index < -0.39 is 0 Å². The third-order valence-electron chi connectivity index (χ3n) is 2.78. The first-order valence-corrected chi connectivity index (χ1v) is 5.63. The monoisotopic (exact) mass is 248 g/mol. The molecule has 0 aromatic heterocycles. The van der Waals surface area contributed by atoms with Crippen LogP contribution in [0.25, 0.3) is 5.57 Å². The van der Waals surface area contributed by atoms with Gasteiger partial charge in [0.15, 0.2) is 0 Å². The minimum Gasteiger partial charge on any atom is -0.0991 e. The number of benzene rings is 1. The van der Waals surface area contributed by atoms with E-state index >= 15 is 0 Å². The van der Waals surface area contributed by atoms with E-state index in [9.17, 15) is 0 Å². The van der Waals surface area contributed by atoms with Gasteiger partial charge in [-0.05, 0) is 48.1 Å². The van der Waals surface area contributed by atoms with E-state index in [4.69, 9.17) is 0 Å². The lowest BCUT2D eigenvalue weighted by molar-refractivity contribution is 1.06. The zero-order chi connectivity index (χ0) is 10.1. The third-order valence-corrected chi connectivity index (χ3v) is 3.44. The van der Waals surface area contributed by atoms with Gasteiger partial charge in [0.25, 0.3) is 0 Å². The summed E-state index contributed by atoms with van der Waals surface area (Å²) in [6, 6.07) is 4.32. The van der Waals surface area contributed by atoms with Gasteiger partial charge in [0, 0.05) is 4.47 Å². The molecule has 0 heterocycles. The summed E-state index contributed by atoms with van der Waals surface area (Å²) in [6.45, 7) is 5.94. The number of hydrogen-bond donors (Lipinski definition) is 0. The first-order chi connectivity index (χ1) is 6.74. The van der Waals surface area contributed by atoms with Crippen molar-refractivity contribution in [2.24, 2.45) is 0 Å². The van der Waals surface area contributed by atoms with Gasteiger partial charge in [0.05, 0.1) is 0 Å². The van der Waals surface area contributed by atoms with Gasteiger partial charge < -0.3 is 0 Å². The highest BCUT2D eigenvalue weighted by molar-refractivity contribution is 9.10. The highest BCUT2D eigenvalue weighted by atomic mass is 79.9. The van der Waals surface area contributed by atoms with Crippen molar-refractivity contribution in [3.8, 4) is 0 Å². The lowest BCUT2D eigenvalue weighted by Crippen LogP contribution is -1.87. The average Bonchev–Trinajstić information content (AvgIpc) is 2.58. The summed E-state index contributed by atoms with van der Waals surface area (Å²) in [5.74, 6) is 0. The molecule has 0 N–H and O–H groups in total. The average molecular weight is 249 g/mol. The van der Waals surface area contributed by atoms with Crippen molar-refractivity contribution < 1.29 is 0 Å². The summed E-state index contributed by atoms with van der Waals surface area (Å²) < 4.78 is 1.21. The van der Waals surface area contributed by atoms with Gasteiger partial charge in [-0.2, -0.15) is 0 Å². The quantitative estimate of drug-likeness (QED) is 0.697. The zero-order valence-corrected chi connectivity index (χ0v) is 9.89. The minimum absolute atomic E-state index is 1.14. The second kappa shape index (κ2) is 3.74. The highest BCUT2D eigenvalue weighted by Gasteiger charge is 2.19. The molecule has 0 saturated heterocycles. The van der Waals surface area contributed by atoms with Crippen LogP contribution < -0.4 is 0 Å². The molecule has 1 aromatic carbocycles. The van der Waals surface area contributed by atoms with Gasteiger partial charge in [0.1, 0.15) is 0 Å². The Bertz CT molecular complexity index is 413. The van der Waals surface area contributed by atoms with Crippen LogP contribution in [0.15, 0.2) is 35.3 Å². The smallest absolute Gasteiger partial charge is 0.0253 e. The summed E-state index contributed by atoms with van der Waals surface area (Å²) >= 11 is 3.62. The van der Waals surface area contributed by atoms with Crippen LogP contribution in [0.5, 0.6) is 0 Å². The summed E-state index contributed by atoms with van der Waals surface area (Å²) in [4.78, 5) is 0. The molecule has 0 fully saturated rings. The topological polar surface area (TPSA) is 0 Å². The SMILES string of the molecule is C=C/C=C1/CCc2c(C)ccc(Br)c21. The van der Waals surface area contributed by atoms with Gasteiger partial charge in [0.2, 0.25) is 0 Å². The fraction of sp³-hybridized carbons (Fsp3) is 0.231. The number of halogens is 1. The number of hydrogen-bond acceptors (Lipinski definition) is 0. The fourth-order valence-corrected chi connectivity index (χ4v) is 2.71. The van der Waals surface area contributed by atoms with Crippen molar-refractivity contribution in [3.63, 3.8) is 0 Å². The van der Waals surface area contributed by atoms with Crippen molar-refractivity contribution in [2.75, 3.05) is 0 Å². The van der Waals surface area contributed by atoms with Gasteiger partial charge in [-0.15, -0.1) is 0 Å². The molecule has 0 amide bonds. The molecular formula is C13H13Br. The summed E-state index contributed by atoms with van der Waals surface area (Å²) in [5, 5.41) is 0. The Balaban J connectivity index is 2.64. The second-order valence-corrected chi connectivity index (χ2v) is 4.50. The molecule has 1 aromatic rings. The molecule has 1 heteroatoms. The molecule has 1 aliphatic carbocycles. The molecular weight excluding hydrogens is 236 g/mol. The minimum atomic E-state index is 1.14. The second-order valence-electron chi connectivity index (χ2n) is 3.65. The predicted molar refractivity (Wildman–Crippen MR) is 65.4 cm³/mol. The number of aryl methyl sites for hydroxylation is 1. The molecule has 72 valence electrons. The van der Waals surface area contributed by atoms with Gasteiger partial charge in [-0.25, -0.2) is 0 Å². The summed E-state index contributed by atoms with van der Waals surface area (Å²) in [5.41, 5.74) is 5.69. The van der Waals surface area contributed by atoms with Gasteiger partial charge >= 0.3 is 0 Å². The molecule has 0 bridgehead atoms. The highest BCUT2D eigenvalue weighted by Crippen LogP contribution is 2.38. The molecule has 0 atom stereocenters. The van der Waals surface area contributed by atoms with Gasteiger partial charge in [-0.3, -0.25) is 0 Å². The van der Waals surface area contributed by atoms with Crippen LogP contribution in [-0.4, -0.2) is 0 Å². The largest absolute Gasteiger partial charge is 0.0991 e. The Labute approximate surface area is 93.5 Å². The molecule has 0 saturated carbocycles. The molecule has 14 heavy (non-hydrogen) atoms. The van der Waals surface area contributed by atoms with E-state index in [-0.39, 0.29) is 0 Å². The van der Waals surface area contributed by atoms with E-state index in [1.54, 1.807) is 0 Å². The van der Waals surface area contributed by atoms with Crippen molar-refractivity contribution in [1.29, 1.82) is 0 Å². The van der Waals surface area contributed by atoms with Crippen molar-refractivity contribution >= 4 is 21.5 Å². The van der Waals surface area contributed by atoms with Crippen LogP contribution in [0.4, 0.5) is 0 Å². The van der Waals surface area contributed by atoms with E-state index in [0.29, 0.717) is 0 Å². The normalized spacial score (nSPS) is 17.1. The number of allylic oxidation sites excluding steroid dienone is 3. The number of rotatable bonds is 1. The fourth-order valence-electron chi connectivity index (χ4n) is 2.09. The van der Waals surface area contributed by atoms with E-state index in [1.165, 1.54) is 33.2 Å². The van der Waals surface area contributed by atoms with Crippen molar-refractivity contribution in [2.45, 2.75) is 19.8 Å². The van der Waals surface area contributed by atoms with Crippen molar-refractivity contribution in [1.82, 2.24) is 0 Å². The standard InChI is InChI=1S/C13H13Br/c1-3-4-10-6-7-11-9(2)5-8-12(14)13(10)11/h3-5,8H,1,6-7H2,2H3/b10-4-. The molecule has 0 aliphatic heterocycles. The van der Waals surface area contributed by atoms with Crippen LogP contribution >= 0.6 is 15.9 Å². The Kier molecular flexibility index (Phi) is 2.60. The van der Waals surface area contributed by atoms with Crippen LogP contribution in [0.1, 0.15) is 23.1 Å². The first kappa shape index (κ1) is 9.72. The molecule has 0 spiro atoms. The Hall–Kier alpha value is -0.820. The maximum Gasteiger partial charge on any atom is 0.0253 e. The number of fused-ring (bicyclic) bond motifs is 1. The Morgan fingerprint density at radius 2 is 2.14 bits per heavy atom. The molecule has 0 unspecified atom stereocenters. The maximum absolute atomic E-state index is 3.76. The maximum atomic E-state index is 3.76. The lowest BCUT2D eigenvalue weighted by atomic mass is 10.0. The molecule has 0 nitrogen and oxygen atoms in total. The Morgan fingerprint density at radius 3 is 2.86 bits per heavy atom. The Morgan fingerprint density at radius 1 is 1.36 bits per heavy atom. The van der Waals surface area contributed by atoms with Crippen LogP contribution in [0, 0.1) is 6.92 Å². The van der Waals surface area contributed by atoms with E-state index in [2.05, 4.69) is 47.6 Å². The van der Waals surface area contributed by atoms with Crippen molar-refractivity contribution in [3.05, 3.63) is 52.0 Å². The molecule has 2 rings (SSSR count). The van der Waals surface area contributed by atoms with Crippen LogP contribution in [-0.2, 0) is 6.42 Å². The third kappa shape index (κ3) is 1.46. The van der Waals surface area contributed by atoms with E-state index in [1.807, 2.05) is 6.08 Å². The lowest BCUT2D eigenvalue weighted by Gasteiger charge is -2.06. The molecule has 1 aliphatic rings. The molecule has 0 radical (unpaired) electrons. The summed E-state index contributed by atoms with van der Waals surface area (Å²) in [6.07, 6.45) is 6.31. The van der Waals surface area contributed by atoms with E-state index in [0.717, 1.165) is 6.42 Å². The summed E-state index contributed by atoms with van der Waals surface area (Å²) in [7, 11) is 0. The zero-order valence-electron chi connectivity index (χ0n) is 8.31. The van der Waals surface area contributed by atoms with Crippen LogP contribution in [0.2, 0.25) is 0 Å². The first-order valence-electron chi connectivity index (χ1n) is 4.84.